The van der Waals surface area contributed by atoms with Gasteiger partial charge in [-0.25, -0.2) is 13.2 Å². The van der Waals surface area contributed by atoms with Gasteiger partial charge in [0.25, 0.3) is 0 Å². The first-order valence-corrected chi connectivity index (χ1v) is 11.2. The molecule has 0 bridgehead atoms. The summed E-state index contributed by atoms with van der Waals surface area (Å²) in [6.45, 7) is 3.55. The predicted molar refractivity (Wildman–Crippen MR) is 106 cm³/mol. The van der Waals surface area contributed by atoms with Gasteiger partial charge >= 0.3 is 6.09 Å². The van der Waals surface area contributed by atoms with E-state index in [4.69, 9.17) is 9.47 Å². The van der Waals surface area contributed by atoms with Crippen molar-refractivity contribution in [1.82, 2.24) is 0 Å². The van der Waals surface area contributed by atoms with Crippen LogP contribution in [0.4, 0.5) is 10.5 Å². The molecule has 3 rings (SSSR count). The van der Waals surface area contributed by atoms with Crippen LogP contribution in [-0.2, 0) is 14.6 Å². The van der Waals surface area contributed by atoms with Gasteiger partial charge in [0.2, 0.25) is 0 Å². The number of sulfone groups is 1. The van der Waals surface area contributed by atoms with Crippen molar-refractivity contribution in [1.29, 1.82) is 0 Å². The average Bonchev–Trinajstić information content (AvgIpc) is 3.40. The number of carbonyl (C=O) groups is 1. The van der Waals surface area contributed by atoms with Crippen LogP contribution in [0.5, 0.6) is 11.5 Å². The fourth-order valence-corrected chi connectivity index (χ4v) is 5.00. The number of benzene rings is 2. The molecule has 0 spiro atoms. The monoisotopic (exact) mass is 407 g/mol. The molecule has 144 valence electrons. The molecule has 1 N–H and O–H groups in total. The number of ether oxygens (including phenoxy) is 2. The van der Waals surface area contributed by atoms with Crippen LogP contribution in [0.25, 0.3) is 0 Å². The normalized spacial score (nSPS) is 16.0. The molecule has 1 amide bonds. The highest BCUT2D eigenvalue weighted by Gasteiger charge is 2.29. The van der Waals surface area contributed by atoms with E-state index in [0.717, 1.165) is 5.75 Å². The molecule has 0 aliphatic carbocycles. The van der Waals surface area contributed by atoms with Crippen molar-refractivity contribution < 1.29 is 22.7 Å². The molecule has 27 heavy (non-hydrogen) atoms. The smallest absolute Gasteiger partial charge is 0.411 e. The minimum Gasteiger partial charge on any atom is -0.457 e. The summed E-state index contributed by atoms with van der Waals surface area (Å²) >= 11 is 1.66. The minimum atomic E-state index is -3.24. The Bertz CT molecular complexity index is 889. The minimum absolute atomic E-state index is 0.186. The maximum absolute atomic E-state index is 12.2. The Hall–Kier alpha value is -2.19. The molecule has 1 saturated heterocycles. The van der Waals surface area contributed by atoms with Gasteiger partial charge < -0.3 is 9.47 Å². The molecule has 1 fully saturated rings. The van der Waals surface area contributed by atoms with E-state index < -0.39 is 15.9 Å². The Balaban J connectivity index is 1.59. The number of thioether (sulfide) groups is 1. The standard InChI is InChI=1S/C19H21NO5S2/c1-13(2)24-19(21)20-14-3-5-15(6-4-14)25-16-7-9-18(10-8-16)27(22,23)12-17-11-26-17/h3-10,13,17H,11-12H2,1-2H3,(H,20,21). The van der Waals surface area contributed by atoms with Crippen molar-refractivity contribution in [3.05, 3.63) is 48.5 Å². The predicted octanol–water partition coefficient (Wildman–Crippen LogP) is 4.32. The molecule has 6 nitrogen and oxygen atoms in total. The SMILES string of the molecule is CC(C)OC(=O)Nc1ccc(Oc2ccc(S(=O)(=O)CC3CS3)cc2)cc1. The van der Waals surface area contributed by atoms with Crippen LogP contribution < -0.4 is 10.1 Å². The summed E-state index contributed by atoms with van der Waals surface area (Å²) in [5.74, 6) is 2.21. The maximum atomic E-state index is 12.2. The molecule has 0 aromatic heterocycles. The van der Waals surface area contributed by atoms with Gasteiger partial charge in [0.15, 0.2) is 9.84 Å². The Morgan fingerprint density at radius 3 is 2.19 bits per heavy atom. The lowest BCUT2D eigenvalue weighted by molar-refractivity contribution is 0.130. The molecule has 0 radical (unpaired) electrons. The molecule has 1 unspecified atom stereocenters. The van der Waals surface area contributed by atoms with E-state index in [1.165, 1.54) is 0 Å². The van der Waals surface area contributed by atoms with Crippen molar-refractivity contribution in [2.45, 2.75) is 30.1 Å². The van der Waals surface area contributed by atoms with E-state index in [0.29, 0.717) is 22.1 Å². The summed E-state index contributed by atoms with van der Waals surface area (Å²) in [5.41, 5.74) is 0.590. The highest BCUT2D eigenvalue weighted by atomic mass is 32.2. The van der Waals surface area contributed by atoms with E-state index >= 15 is 0 Å². The average molecular weight is 408 g/mol. The lowest BCUT2D eigenvalue weighted by Crippen LogP contribution is -2.17. The Labute approximate surface area is 163 Å². The van der Waals surface area contributed by atoms with Gasteiger partial charge in [-0.1, -0.05) is 0 Å². The molecule has 2 aromatic carbocycles. The third kappa shape index (κ3) is 5.90. The zero-order chi connectivity index (χ0) is 19.4. The van der Waals surface area contributed by atoms with Crippen LogP contribution in [-0.4, -0.2) is 37.4 Å². The van der Waals surface area contributed by atoms with Crippen LogP contribution in [0.15, 0.2) is 53.4 Å². The quantitative estimate of drug-likeness (QED) is 0.688. The number of hydrogen-bond acceptors (Lipinski definition) is 6. The zero-order valence-corrected chi connectivity index (χ0v) is 16.7. The topological polar surface area (TPSA) is 81.7 Å². The van der Waals surface area contributed by atoms with Crippen molar-refractivity contribution >= 4 is 33.4 Å². The number of nitrogens with one attached hydrogen (secondary N) is 1. The molecule has 1 heterocycles. The summed E-state index contributed by atoms with van der Waals surface area (Å²) in [4.78, 5) is 11.9. The van der Waals surface area contributed by atoms with E-state index in [1.54, 1.807) is 74.1 Å². The molecule has 1 atom stereocenters. The largest absolute Gasteiger partial charge is 0.457 e. The van der Waals surface area contributed by atoms with E-state index in [1.807, 2.05) is 0 Å². The van der Waals surface area contributed by atoms with Crippen LogP contribution in [0.3, 0.4) is 0 Å². The van der Waals surface area contributed by atoms with Gasteiger partial charge in [-0.3, -0.25) is 5.32 Å². The maximum Gasteiger partial charge on any atom is 0.411 e. The van der Waals surface area contributed by atoms with Crippen molar-refractivity contribution in [2.75, 3.05) is 16.8 Å². The van der Waals surface area contributed by atoms with Gasteiger partial charge in [0.05, 0.1) is 16.8 Å². The summed E-state index contributed by atoms with van der Waals surface area (Å²) < 4.78 is 35.2. The summed E-state index contributed by atoms with van der Waals surface area (Å²) in [6, 6.07) is 13.2. The molecular formula is C19H21NO5S2. The fraction of sp³-hybridized carbons (Fsp3) is 0.316. The van der Waals surface area contributed by atoms with Crippen LogP contribution in [0.2, 0.25) is 0 Å². The highest BCUT2D eigenvalue weighted by Crippen LogP contribution is 2.33. The number of anilines is 1. The lowest BCUT2D eigenvalue weighted by Gasteiger charge is -2.10. The molecule has 8 heteroatoms. The van der Waals surface area contributed by atoms with Gasteiger partial charge in [0.1, 0.15) is 11.5 Å². The summed E-state index contributed by atoms with van der Waals surface area (Å²) in [7, 11) is -3.24. The molecule has 1 aliphatic rings. The van der Waals surface area contributed by atoms with Gasteiger partial charge in [-0.05, 0) is 62.4 Å². The summed E-state index contributed by atoms with van der Waals surface area (Å²) in [6.07, 6.45) is -0.706. The number of carbonyl (C=O) groups excluding carboxylic acids is 1. The van der Waals surface area contributed by atoms with Crippen LogP contribution >= 0.6 is 11.8 Å². The molecule has 0 saturated carbocycles. The first-order valence-electron chi connectivity index (χ1n) is 8.52. The van der Waals surface area contributed by atoms with Gasteiger partial charge in [-0.15, -0.1) is 0 Å². The second-order valence-corrected chi connectivity index (χ2v) is 9.78. The van der Waals surface area contributed by atoms with Gasteiger partial charge in [0, 0.05) is 16.7 Å². The second-order valence-electron chi connectivity index (χ2n) is 6.41. The number of amides is 1. The first-order chi connectivity index (χ1) is 12.8. The molecular weight excluding hydrogens is 386 g/mol. The van der Waals surface area contributed by atoms with Crippen LogP contribution in [0, 0.1) is 0 Å². The first kappa shape index (κ1) is 19.6. The fourth-order valence-electron chi connectivity index (χ4n) is 2.32. The zero-order valence-electron chi connectivity index (χ0n) is 15.0. The highest BCUT2D eigenvalue weighted by molar-refractivity contribution is 8.08. The Kier molecular flexibility index (Phi) is 5.96. The Morgan fingerprint density at radius 2 is 1.67 bits per heavy atom. The third-order valence-corrected chi connectivity index (χ3v) is 6.68. The van der Waals surface area contributed by atoms with Crippen molar-refractivity contribution in [3.8, 4) is 11.5 Å². The number of hydrogen-bond donors (Lipinski definition) is 1. The lowest BCUT2D eigenvalue weighted by atomic mass is 10.3. The van der Waals surface area contributed by atoms with Crippen molar-refractivity contribution in [2.24, 2.45) is 0 Å². The van der Waals surface area contributed by atoms with Gasteiger partial charge in [-0.2, -0.15) is 11.8 Å². The van der Waals surface area contributed by atoms with E-state index in [-0.39, 0.29) is 17.1 Å². The summed E-state index contributed by atoms with van der Waals surface area (Å²) in [5, 5.41) is 2.86. The van der Waals surface area contributed by atoms with E-state index in [2.05, 4.69) is 5.32 Å². The van der Waals surface area contributed by atoms with Crippen LogP contribution in [0.1, 0.15) is 13.8 Å². The Morgan fingerprint density at radius 1 is 1.11 bits per heavy atom. The number of rotatable bonds is 7. The molecule has 1 aliphatic heterocycles. The second kappa shape index (κ2) is 8.22. The molecule has 2 aromatic rings. The van der Waals surface area contributed by atoms with E-state index in [9.17, 15) is 13.2 Å². The third-order valence-electron chi connectivity index (χ3n) is 3.67. The van der Waals surface area contributed by atoms with Crippen molar-refractivity contribution in [3.63, 3.8) is 0 Å².